The van der Waals surface area contributed by atoms with E-state index >= 15 is 0 Å². The molecule has 0 aliphatic heterocycles. The quantitative estimate of drug-likeness (QED) is 0.732. The summed E-state index contributed by atoms with van der Waals surface area (Å²) in [6.07, 6.45) is 8.30. The largest absolute Gasteiger partial charge is 0.393 e. The molecule has 6 unspecified atom stereocenters. The van der Waals surface area contributed by atoms with Crippen molar-refractivity contribution in [3.8, 4) is 0 Å². The Bertz CT molecular complexity index is 225. The van der Waals surface area contributed by atoms with Gasteiger partial charge in [-0.2, -0.15) is 0 Å². The minimum absolute atomic E-state index is 0.0364. The number of hydrogen-bond donors (Lipinski definition) is 1. The van der Waals surface area contributed by atoms with Gasteiger partial charge in [-0.05, 0) is 61.7 Å². The van der Waals surface area contributed by atoms with Crippen LogP contribution >= 0.6 is 0 Å². The van der Waals surface area contributed by atoms with Gasteiger partial charge in [0.2, 0.25) is 0 Å². The molecular weight excluding hydrogens is 172 g/mol. The third-order valence-corrected chi connectivity index (χ3v) is 5.09. The molecule has 3 aliphatic rings. The molecule has 6 atom stereocenters. The lowest BCUT2D eigenvalue weighted by Crippen LogP contribution is -2.20. The summed E-state index contributed by atoms with van der Waals surface area (Å²) in [6.45, 7) is 2.27. The number of fused-ring (bicyclic) bond motifs is 2. The van der Waals surface area contributed by atoms with Gasteiger partial charge in [-0.3, -0.25) is 0 Å². The van der Waals surface area contributed by atoms with Gasteiger partial charge >= 0.3 is 0 Å². The van der Waals surface area contributed by atoms with Gasteiger partial charge in [-0.25, -0.2) is 0 Å². The van der Waals surface area contributed by atoms with Crippen molar-refractivity contribution in [2.24, 2.45) is 29.6 Å². The Kier molecular flexibility index (Phi) is 2.12. The van der Waals surface area contributed by atoms with E-state index in [1.807, 2.05) is 0 Å². The molecular formula is C13H22O. The zero-order chi connectivity index (χ0) is 9.71. The molecule has 3 saturated carbocycles. The van der Waals surface area contributed by atoms with Crippen molar-refractivity contribution >= 4 is 0 Å². The molecule has 3 aliphatic carbocycles. The number of aliphatic hydroxyl groups is 1. The van der Waals surface area contributed by atoms with Crippen LogP contribution in [-0.4, -0.2) is 11.2 Å². The summed E-state index contributed by atoms with van der Waals surface area (Å²) in [5.74, 6) is 4.38. The summed E-state index contributed by atoms with van der Waals surface area (Å²) in [7, 11) is 0. The zero-order valence-electron chi connectivity index (χ0n) is 9.15. The molecule has 0 aromatic heterocycles. The van der Waals surface area contributed by atoms with Crippen molar-refractivity contribution in [2.75, 3.05) is 0 Å². The molecule has 0 saturated heterocycles. The average Bonchev–Trinajstić information content (AvgIpc) is 2.62. The Hall–Kier alpha value is -0.0400. The highest BCUT2D eigenvalue weighted by Crippen LogP contribution is 2.51. The second-order valence-electron chi connectivity index (χ2n) is 6.11. The molecule has 1 N–H and O–H groups in total. The lowest BCUT2D eigenvalue weighted by molar-refractivity contribution is 0.101. The van der Waals surface area contributed by atoms with Crippen LogP contribution in [-0.2, 0) is 0 Å². The van der Waals surface area contributed by atoms with Crippen molar-refractivity contribution in [2.45, 2.75) is 51.6 Å². The van der Waals surface area contributed by atoms with Gasteiger partial charge in [0.25, 0.3) is 0 Å². The molecule has 0 aromatic rings. The number of hydrogen-bond acceptors (Lipinski definition) is 1. The van der Waals surface area contributed by atoms with E-state index in [0.29, 0.717) is 5.92 Å². The fraction of sp³-hybridized carbons (Fsp3) is 1.00. The van der Waals surface area contributed by atoms with E-state index in [2.05, 4.69) is 6.92 Å². The Morgan fingerprint density at radius 3 is 2.50 bits per heavy atom. The topological polar surface area (TPSA) is 20.2 Å². The van der Waals surface area contributed by atoms with Crippen molar-refractivity contribution < 1.29 is 5.11 Å². The van der Waals surface area contributed by atoms with Crippen molar-refractivity contribution in [1.29, 1.82) is 0 Å². The molecule has 80 valence electrons. The molecule has 0 radical (unpaired) electrons. The molecule has 2 bridgehead atoms. The molecule has 0 amide bonds. The standard InChI is InChI=1S/C13H22O/c1-8-4-12(8)13(14)7-11-6-9-2-3-10(11)5-9/h8-14H,2-7H2,1H3. The molecule has 14 heavy (non-hydrogen) atoms. The van der Waals surface area contributed by atoms with E-state index in [0.717, 1.165) is 30.1 Å². The van der Waals surface area contributed by atoms with E-state index in [9.17, 15) is 5.11 Å². The molecule has 0 spiro atoms. The van der Waals surface area contributed by atoms with Gasteiger partial charge in [0.1, 0.15) is 0 Å². The lowest BCUT2D eigenvalue weighted by atomic mass is 9.84. The Morgan fingerprint density at radius 1 is 1.21 bits per heavy atom. The number of aliphatic hydroxyl groups excluding tert-OH is 1. The van der Waals surface area contributed by atoms with Crippen molar-refractivity contribution in [1.82, 2.24) is 0 Å². The first kappa shape index (κ1) is 9.21. The molecule has 1 heteroatoms. The highest BCUT2D eigenvalue weighted by atomic mass is 16.3. The van der Waals surface area contributed by atoms with Crippen LogP contribution in [0.1, 0.15) is 45.4 Å². The maximum absolute atomic E-state index is 10.0. The van der Waals surface area contributed by atoms with Crippen LogP contribution in [0.3, 0.4) is 0 Å². The third-order valence-electron chi connectivity index (χ3n) is 5.09. The molecule has 3 rings (SSSR count). The van der Waals surface area contributed by atoms with Crippen LogP contribution in [0.5, 0.6) is 0 Å². The van der Waals surface area contributed by atoms with Gasteiger partial charge < -0.3 is 5.11 Å². The second kappa shape index (κ2) is 3.23. The first-order valence-corrected chi connectivity index (χ1v) is 6.42. The predicted molar refractivity (Wildman–Crippen MR) is 56.8 cm³/mol. The van der Waals surface area contributed by atoms with Crippen molar-refractivity contribution in [3.05, 3.63) is 0 Å². The van der Waals surface area contributed by atoms with E-state index in [1.165, 1.54) is 32.1 Å². The van der Waals surface area contributed by atoms with Crippen molar-refractivity contribution in [3.63, 3.8) is 0 Å². The van der Waals surface area contributed by atoms with E-state index < -0.39 is 0 Å². The smallest absolute Gasteiger partial charge is 0.0573 e. The summed E-state index contributed by atoms with van der Waals surface area (Å²) in [6, 6.07) is 0. The predicted octanol–water partition coefficient (Wildman–Crippen LogP) is 2.83. The summed E-state index contributed by atoms with van der Waals surface area (Å²) in [5, 5.41) is 10.0. The Labute approximate surface area is 86.9 Å². The summed E-state index contributed by atoms with van der Waals surface area (Å²) in [4.78, 5) is 0. The lowest BCUT2D eigenvalue weighted by Gasteiger charge is -2.24. The first-order valence-electron chi connectivity index (χ1n) is 6.42. The van der Waals surface area contributed by atoms with E-state index in [4.69, 9.17) is 0 Å². The SMILES string of the molecule is CC1CC1C(O)CC1CC2CCC1C2. The van der Waals surface area contributed by atoms with E-state index in [-0.39, 0.29) is 6.10 Å². The zero-order valence-corrected chi connectivity index (χ0v) is 9.15. The molecule has 1 nitrogen and oxygen atoms in total. The normalized spacial score (nSPS) is 52.3. The molecule has 0 heterocycles. The third kappa shape index (κ3) is 1.50. The fourth-order valence-electron chi connectivity index (χ4n) is 4.04. The van der Waals surface area contributed by atoms with E-state index in [1.54, 1.807) is 0 Å². The minimum Gasteiger partial charge on any atom is -0.393 e. The maximum atomic E-state index is 10.0. The summed E-state index contributed by atoms with van der Waals surface area (Å²) < 4.78 is 0. The van der Waals surface area contributed by atoms with Gasteiger partial charge in [0.05, 0.1) is 6.10 Å². The molecule has 3 fully saturated rings. The fourth-order valence-corrected chi connectivity index (χ4v) is 4.04. The van der Waals surface area contributed by atoms with Gasteiger partial charge in [-0.15, -0.1) is 0 Å². The van der Waals surface area contributed by atoms with Crippen LogP contribution in [0, 0.1) is 29.6 Å². The maximum Gasteiger partial charge on any atom is 0.0573 e. The Morgan fingerprint density at radius 2 is 2.00 bits per heavy atom. The monoisotopic (exact) mass is 194 g/mol. The first-order chi connectivity index (χ1) is 6.74. The minimum atomic E-state index is 0.0364. The summed E-state index contributed by atoms with van der Waals surface area (Å²) in [5.41, 5.74) is 0. The average molecular weight is 194 g/mol. The van der Waals surface area contributed by atoms with Crippen LogP contribution in [0.15, 0.2) is 0 Å². The highest BCUT2D eigenvalue weighted by molar-refractivity contribution is 4.94. The Balaban J connectivity index is 1.53. The van der Waals surface area contributed by atoms with Gasteiger partial charge in [0, 0.05) is 0 Å². The van der Waals surface area contributed by atoms with Crippen LogP contribution in [0.4, 0.5) is 0 Å². The van der Waals surface area contributed by atoms with Crippen LogP contribution < -0.4 is 0 Å². The van der Waals surface area contributed by atoms with Gasteiger partial charge in [0.15, 0.2) is 0 Å². The van der Waals surface area contributed by atoms with Gasteiger partial charge in [-0.1, -0.05) is 13.3 Å². The van der Waals surface area contributed by atoms with Crippen LogP contribution in [0.25, 0.3) is 0 Å². The number of rotatable bonds is 3. The second-order valence-corrected chi connectivity index (χ2v) is 6.11. The van der Waals surface area contributed by atoms with Crippen LogP contribution in [0.2, 0.25) is 0 Å². The summed E-state index contributed by atoms with van der Waals surface area (Å²) >= 11 is 0. The highest BCUT2D eigenvalue weighted by Gasteiger charge is 2.44. The molecule has 0 aromatic carbocycles.